The van der Waals surface area contributed by atoms with Gasteiger partial charge in [0.05, 0.1) is 18.8 Å². The Morgan fingerprint density at radius 3 is 2.82 bits per heavy atom. The molecule has 0 bridgehead atoms. The Morgan fingerprint density at radius 1 is 1.45 bits per heavy atom. The lowest BCUT2D eigenvalue weighted by atomic mass is 9.96. The van der Waals surface area contributed by atoms with E-state index in [0.29, 0.717) is 6.54 Å². The number of hydrogen-bond acceptors (Lipinski definition) is 3. The molecule has 1 aromatic carbocycles. The van der Waals surface area contributed by atoms with Gasteiger partial charge in [-0.05, 0) is 56.9 Å². The summed E-state index contributed by atoms with van der Waals surface area (Å²) in [5.74, 6) is 0.734. The molecule has 1 unspecified atom stereocenters. The summed E-state index contributed by atoms with van der Waals surface area (Å²) in [7, 11) is 1.63. The van der Waals surface area contributed by atoms with Gasteiger partial charge >= 0.3 is 0 Å². The number of aliphatic hydroxyl groups is 1. The average molecular weight is 303 g/mol. The first-order valence-electron chi connectivity index (χ1n) is 7.68. The van der Waals surface area contributed by atoms with E-state index >= 15 is 0 Å². The van der Waals surface area contributed by atoms with E-state index in [1.807, 2.05) is 31.2 Å². The summed E-state index contributed by atoms with van der Waals surface area (Å²) in [6.07, 6.45) is 3.44. The van der Waals surface area contributed by atoms with Gasteiger partial charge in [0.15, 0.2) is 0 Å². The van der Waals surface area contributed by atoms with Crippen LogP contribution in [0.25, 0.3) is 5.57 Å². The molecule has 1 saturated heterocycles. The first-order valence-corrected chi connectivity index (χ1v) is 7.68. The van der Waals surface area contributed by atoms with E-state index in [1.165, 1.54) is 0 Å². The molecule has 22 heavy (non-hydrogen) atoms. The van der Waals surface area contributed by atoms with Crippen molar-refractivity contribution in [2.75, 3.05) is 13.7 Å². The van der Waals surface area contributed by atoms with Crippen molar-refractivity contribution < 1.29 is 14.6 Å². The second-order valence-corrected chi connectivity index (χ2v) is 6.40. The highest BCUT2D eigenvalue weighted by Crippen LogP contribution is 2.28. The molecule has 1 heterocycles. The minimum absolute atomic E-state index is 0.0371. The van der Waals surface area contributed by atoms with E-state index in [4.69, 9.17) is 4.74 Å². The van der Waals surface area contributed by atoms with E-state index in [0.717, 1.165) is 29.7 Å². The van der Waals surface area contributed by atoms with Gasteiger partial charge in [0.2, 0.25) is 5.91 Å². The molecule has 1 N–H and O–H groups in total. The van der Waals surface area contributed by atoms with Crippen LogP contribution in [-0.2, 0) is 4.79 Å². The van der Waals surface area contributed by atoms with Gasteiger partial charge in [0.25, 0.3) is 0 Å². The predicted octanol–water partition coefficient (Wildman–Crippen LogP) is 2.86. The van der Waals surface area contributed by atoms with Crippen LogP contribution in [0.3, 0.4) is 0 Å². The number of allylic oxidation sites excluding steroid dienone is 1. The minimum atomic E-state index is -0.871. The van der Waals surface area contributed by atoms with E-state index in [2.05, 4.69) is 0 Å². The highest BCUT2D eigenvalue weighted by atomic mass is 16.5. The summed E-state index contributed by atoms with van der Waals surface area (Å²) >= 11 is 0. The molecule has 1 atom stereocenters. The molecular weight excluding hydrogens is 278 g/mol. The monoisotopic (exact) mass is 303 g/mol. The smallest absolute Gasteiger partial charge is 0.247 e. The number of ether oxygens (including phenoxy) is 1. The quantitative estimate of drug-likeness (QED) is 0.870. The Bertz CT molecular complexity index is 572. The van der Waals surface area contributed by atoms with Crippen molar-refractivity contribution in [2.24, 2.45) is 0 Å². The number of carbonyl (C=O) groups is 1. The average Bonchev–Trinajstić information content (AvgIpc) is 2.97. The Morgan fingerprint density at radius 2 is 2.18 bits per heavy atom. The van der Waals surface area contributed by atoms with Crippen molar-refractivity contribution in [1.82, 2.24) is 4.90 Å². The maximum absolute atomic E-state index is 12.5. The number of likely N-dealkylation sites (tertiary alicyclic amines) is 1. The second-order valence-electron chi connectivity index (χ2n) is 6.40. The second kappa shape index (κ2) is 6.53. The molecule has 4 nitrogen and oxygen atoms in total. The van der Waals surface area contributed by atoms with E-state index in [9.17, 15) is 9.90 Å². The van der Waals surface area contributed by atoms with Crippen LogP contribution in [0, 0.1) is 0 Å². The third kappa shape index (κ3) is 3.69. The summed E-state index contributed by atoms with van der Waals surface area (Å²) < 4.78 is 5.22. The minimum Gasteiger partial charge on any atom is -0.497 e. The van der Waals surface area contributed by atoms with Crippen molar-refractivity contribution in [3.63, 3.8) is 0 Å². The number of rotatable bonds is 4. The molecule has 4 heteroatoms. The van der Waals surface area contributed by atoms with Crippen LogP contribution in [-0.4, -0.2) is 41.2 Å². The molecule has 1 aliphatic rings. The van der Waals surface area contributed by atoms with Crippen molar-refractivity contribution in [3.8, 4) is 5.75 Å². The van der Waals surface area contributed by atoms with Crippen LogP contribution in [0.1, 0.15) is 39.2 Å². The molecular formula is C18H25NO3. The van der Waals surface area contributed by atoms with Crippen molar-refractivity contribution in [1.29, 1.82) is 0 Å². The fraction of sp³-hybridized carbons (Fsp3) is 0.500. The normalized spacial score (nSPS) is 19.4. The fourth-order valence-corrected chi connectivity index (χ4v) is 2.98. The van der Waals surface area contributed by atoms with Crippen LogP contribution >= 0.6 is 0 Å². The highest BCUT2D eigenvalue weighted by molar-refractivity contribution is 5.95. The Balaban J connectivity index is 2.18. The lowest BCUT2D eigenvalue weighted by Crippen LogP contribution is -2.47. The summed E-state index contributed by atoms with van der Waals surface area (Å²) in [5.41, 5.74) is 0.987. The molecule has 120 valence electrons. The first kappa shape index (κ1) is 16.6. The zero-order chi connectivity index (χ0) is 16.3. The Labute approximate surface area is 132 Å². The molecule has 1 fully saturated rings. The predicted molar refractivity (Wildman–Crippen MR) is 87.7 cm³/mol. The van der Waals surface area contributed by atoms with Gasteiger partial charge in [0, 0.05) is 12.6 Å². The lowest BCUT2D eigenvalue weighted by molar-refractivity contribution is -0.131. The van der Waals surface area contributed by atoms with Gasteiger partial charge in [0.1, 0.15) is 5.75 Å². The SMILES string of the molecule is COc1cccc(/C(C)=C/C(=O)N2CCCC2C(C)(C)O)c1. The van der Waals surface area contributed by atoms with Crippen LogP contribution in [0.2, 0.25) is 0 Å². The molecule has 1 aliphatic heterocycles. The molecule has 1 amide bonds. The maximum Gasteiger partial charge on any atom is 0.247 e. The van der Waals surface area contributed by atoms with Crippen molar-refractivity contribution in [3.05, 3.63) is 35.9 Å². The number of hydrogen-bond donors (Lipinski definition) is 1. The number of amides is 1. The van der Waals surface area contributed by atoms with Gasteiger partial charge in [-0.15, -0.1) is 0 Å². The zero-order valence-electron chi connectivity index (χ0n) is 13.8. The van der Waals surface area contributed by atoms with Gasteiger partial charge in [-0.25, -0.2) is 0 Å². The zero-order valence-corrected chi connectivity index (χ0v) is 13.8. The van der Waals surface area contributed by atoms with E-state index in [1.54, 1.807) is 31.9 Å². The summed E-state index contributed by atoms with van der Waals surface area (Å²) in [6.45, 7) is 6.15. The molecule has 0 aliphatic carbocycles. The standard InChI is InChI=1S/C18H25NO3/c1-13(14-7-5-8-15(12-14)22-4)11-17(20)19-10-6-9-16(19)18(2,3)21/h5,7-8,11-12,16,21H,6,9-10H2,1-4H3/b13-11+. The molecule has 2 rings (SSSR count). The molecule has 0 radical (unpaired) electrons. The maximum atomic E-state index is 12.5. The van der Waals surface area contributed by atoms with Gasteiger partial charge in [-0.2, -0.15) is 0 Å². The number of benzene rings is 1. The molecule has 1 aromatic rings. The third-order valence-electron chi connectivity index (χ3n) is 4.22. The van der Waals surface area contributed by atoms with Crippen LogP contribution < -0.4 is 4.74 Å². The Hall–Kier alpha value is -1.81. The van der Waals surface area contributed by atoms with Crippen LogP contribution in [0.4, 0.5) is 0 Å². The van der Waals surface area contributed by atoms with E-state index < -0.39 is 5.60 Å². The van der Waals surface area contributed by atoms with Gasteiger partial charge in [-0.3, -0.25) is 4.79 Å². The number of methoxy groups -OCH3 is 1. The lowest BCUT2D eigenvalue weighted by Gasteiger charge is -2.33. The number of carbonyl (C=O) groups excluding carboxylic acids is 1. The molecule has 0 aromatic heterocycles. The Kier molecular flexibility index (Phi) is 4.91. The third-order valence-corrected chi connectivity index (χ3v) is 4.22. The van der Waals surface area contributed by atoms with Gasteiger partial charge < -0.3 is 14.7 Å². The summed E-state index contributed by atoms with van der Waals surface area (Å²) in [4.78, 5) is 14.3. The first-order chi connectivity index (χ1) is 10.3. The van der Waals surface area contributed by atoms with E-state index in [-0.39, 0.29) is 11.9 Å². The molecule has 0 saturated carbocycles. The summed E-state index contributed by atoms with van der Waals surface area (Å²) in [5, 5.41) is 10.2. The fourth-order valence-electron chi connectivity index (χ4n) is 2.98. The topological polar surface area (TPSA) is 49.8 Å². The van der Waals surface area contributed by atoms with Gasteiger partial charge in [-0.1, -0.05) is 12.1 Å². The number of nitrogens with zero attached hydrogens (tertiary/aromatic N) is 1. The van der Waals surface area contributed by atoms with Crippen molar-refractivity contribution in [2.45, 2.75) is 45.3 Å². The van der Waals surface area contributed by atoms with Crippen LogP contribution in [0.15, 0.2) is 30.3 Å². The van der Waals surface area contributed by atoms with Crippen LogP contribution in [0.5, 0.6) is 5.75 Å². The highest BCUT2D eigenvalue weighted by Gasteiger charge is 2.37. The van der Waals surface area contributed by atoms with Crippen molar-refractivity contribution >= 4 is 11.5 Å². The summed E-state index contributed by atoms with van der Waals surface area (Å²) in [6, 6.07) is 7.54. The largest absolute Gasteiger partial charge is 0.497 e. The molecule has 0 spiro atoms.